The maximum absolute atomic E-state index is 5.73. The first-order chi connectivity index (χ1) is 7.69. The zero-order valence-electron chi connectivity index (χ0n) is 9.23. The second kappa shape index (κ2) is 4.53. The Balaban J connectivity index is 2.22. The number of fused-ring (bicyclic) bond motifs is 1. The van der Waals surface area contributed by atoms with Gasteiger partial charge in [-0.15, -0.1) is 6.58 Å². The molecule has 16 heavy (non-hydrogen) atoms. The number of nitrogens with two attached hydrogens (primary N) is 1. The Hall–Kier alpha value is -1.55. The highest BCUT2D eigenvalue weighted by atomic mass is 32.1. The highest BCUT2D eigenvalue weighted by Gasteiger charge is 2.06. The molecule has 3 nitrogen and oxygen atoms in total. The van der Waals surface area contributed by atoms with E-state index in [4.69, 9.17) is 5.73 Å². The predicted octanol–water partition coefficient (Wildman–Crippen LogP) is 3.26. The van der Waals surface area contributed by atoms with Crippen molar-refractivity contribution in [1.29, 1.82) is 0 Å². The molecule has 2 aromatic rings. The van der Waals surface area contributed by atoms with Gasteiger partial charge in [0.1, 0.15) is 0 Å². The molecule has 1 unspecified atom stereocenters. The average Bonchev–Trinajstić information content (AvgIpc) is 2.59. The lowest BCUT2D eigenvalue weighted by Gasteiger charge is -2.08. The van der Waals surface area contributed by atoms with E-state index in [-0.39, 0.29) is 0 Å². The van der Waals surface area contributed by atoms with Gasteiger partial charge in [-0.25, -0.2) is 4.98 Å². The first kappa shape index (κ1) is 11.0. The van der Waals surface area contributed by atoms with Crippen molar-refractivity contribution in [2.24, 2.45) is 0 Å². The van der Waals surface area contributed by atoms with Crippen LogP contribution in [0, 0.1) is 0 Å². The van der Waals surface area contributed by atoms with Crippen LogP contribution in [-0.4, -0.2) is 11.0 Å². The van der Waals surface area contributed by atoms with E-state index in [1.165, 1.54) is 0 Å². The molecule has 0 fully saturated rings. The van der Waals surface area contributed by atoms with Gasteiger partial charge in [-0.2, -0.15) is 0 Å². The van der Waals surface area contributed by atoms with Crippen molar-refractivity contribution in [2.75, 3.05) is 11.1 Å². The van der Waals surface area contributed by atoms with E-state index in [0.29, 0.717) is 6.04 Å². The van der Waals surface area contributed by atoms with Crippen molar-refractivity contribution in [3.05, 3.63) is 30.9 Å². The molecule has 1 aromatic carbocycles. The third-order valence-corrected chi connectivity index (χ3v) is 3.25. The van der Waals surface area contributed by atoms with Crippen LogP contribution in [0.25, 0.3) is 10.2 Å². The minimum atomic E-state index is 0.357. The quantitative estimate of drug-likeness (QED) is 0.629. The summed E-state index contributed by atoms with van der Waals surface area (Å²) < 4.78 is 1.12. The van der Waals surface area contributed by atoms with Gasteiger partial charge < -0.3 is 11.1 Å². The summed E-state index contributed by atoms with van der Waals surface area (Å²) in [6.07, 6.45) is 2.83. The summed E-state index contributed by atoms with van der Waals surface area (Å²) in [7, 11) is 0. The van der Waals surface area contributed by atoms with Crippen LogP contribution < -0.4 is 11.1 Å². The number of benzene rings is 1. The molecule has 0 bridgehead atoms. The summed E-state index contributed by atoms with van der Waals surface area (Å²) in [5, 5.41) is 4.29. The molecule has 0 aliphatic carbocycles. The highest BCUT2D eigenvalue weighted by Crippen LogP contribution is 2.28. The zero-order chi connectivity index (χ0) is 11.5. The summed E-state index contributed by atoms with van der Waals surface area (Å²) in [4.78, 5) is 4.49. The van der Waals surface area contributed by atoms with Gasteiger partial charge in [-0.3, -0.25) is 0 Å². The summed E-state index contributed by atoms with van der Waals surface area (Å²) in [5.74, 6) is 0. The Labute approximate surface area is 99.0 Å². The van der Waals surface area contributed by atoms with Gasteiger partial charge in [0.25, 0.3) is 0 Å². The lowest BCUT2D eigenvalue weighted by atomic mass is 10.2. The van der Waals surface area contributed by atoms with Gasteiger partial charge in [-0.1, -0.05) is 17.4 Å². The maximum atomic E-state index is 5.73. The molecule has 1 heterocycles. The third-order valence-electron chi connectivity index (χ3n) is 2.30. The molecule has 84 valence electrons. The number of nitrogens with zero attached hydrogens (tertiary/aromatic N) is 1. The molecule has 0 saturated carbocycles. The van der Waals surface area contributed by atoms with Crippen LogP contribution in [-0.2, 0) is 0 Å². The largest absolute Gasteiger partial charge is 0.399 e. The lowest BCUT2D eigenvalue weighted by molar-refractivity contribution is 0.813. The smallest absolute Gasteiger partial charge is 0.184 e. The minimum absolute atomic E-state index is 0.357. The van der Waals surface area contributed by atoms with E-state index >= 15 is 0 Å². The summed E-state index contributed by atoms with van der Waals surface area (Å²) in [6, 6.07) is 6.13. The molecule has 0 amide bonds. The van der Waals surface area contributed by atoms with Gasteiger partial charge in [-0.05, 0) is 31.5 Å². The normalized spacial score (nSPS) is 12.6. The number of aromatic nitrogens is 1. The second-order valence-electron chi connectivity index (χ2n) is 3.82. The average molecular weight is 233 g/mol. The molecule has 0 radical (unpaired) electrons. The Bertz CT molecular complexity index is 504. The Morgan fingerprint density at radius 1 is 1.62 bits per heavy atom. The predicted molar refractivity (Wildman–Crippen MR) is 71.9 cm³/mol. The van der Waals surface area contributed by atoms with E-state index in [2.05, 4.69) is 23.8 Å². The van der Waals surface area contributed by atoms with Crippen LogP contribution in [0.5, 0.6) is 0 Å². The fraction of sp³-hybridized carbons (Fsp3) is 0.250. The van der Waals surface area contributed by atoms with Gasteiger partial charge >= 0.3 is 0 Å². The van der Waals surface area contributed by atoms with Crippen molar-refractivity contribution < 1.29 is 0 Å². The minimum Gasteiger partial charge on any atom is -0.399 e. The number of nitrogen functional groups attached to an aromatic ring is 1. The van der Waals surface area contributed by atoms with Crippen LogP contribution in [0.4, 0.5) is 10.8 Å². The first-order valence-electron chi connectivity index (χ1n) is 5.22. The van der Waals surface area contributed by atoms with Crippen molar-refractivity contribution in [2.45, 2.75) is 19.4 Å². The Kier molecular flexibility index (Phi) is 3.10. The molecule has 0 spiro atoms. The molecule has 1 aromatic heterocycles. The highest BCUT2D eigenvalue weighted by molar-refractivity contribution is 7.22. The number of anilines is 2. The summed E-state index contributed by atoms with van der Waals surface area (Å²) in [5.41, 5.74) is 7.50. The molecular weight excluding hydrogens is 218 g/mol. The number of hydrogen-bond donors (Lipinski definition) is 2. The molecule has 3 N–H and O–H groups in total. The molecule has 0 saturated heterocycles. The number of hydrogen-bond acceptors (Lipinski definition) is 4. The fourth-order valence-corrected chi connectivity index (χ4v) is 2.55. The molecular formula is C12H15N3S. The number of nitrogens with one attached hydrogen (secondary N) is 1. The van der Waals surface area contributed by atoms with E-state index < -0.39 is 0 Å². The first-order valence-corrected chi connectivity index (χ1v) is 6.04. The molecule has 4 heteroatoms. The standard InChI is InChI=1S/C12H15N3S/c1-3-4-8(2)14-12-15-10-6-5-9(13)7-11(10)16-12/h3,5-8H,1,4,13H2,2H3,(H,14,15). The van der Waals surface area contributed by atoms with E-state index in [1.54, 1.807) is 11.3 Å². The maximum Gasteiger partial charge on any atom is 0.184 e. The third kappa shape index (κ3) is 2.33. The van der Waals surface area contributed by atoms with Crippen molar-refractivity contribution in [3.8, 4) is 0 Å². The topological polar surface area (TPSA) is 50.9 Å². The van der Waals surface area contributed by atoms with Crippen LogP contribution in [0.1, 0.15) is 13.3 Å². The van der Waals surface area contributed by atoms with Crippen molar-refractivity contribution in [1.82, 2.24) is 4.98 Å². The van der Waals surface area contributed by atoms with Gasteiger partial charge in [0, 0.05) is 11.7 Å². The lowest BCUT2D eigenvalue weighted by Crippen LogP contribution is -2.13. The second-order valence-corrected chi connectivity index (χ2v) is 4.85. The van der Waals surface area contributed by atoms with Crippen molar-refractivity contribution in [3.63, 3.8) is 0 Å². The molecule has 0 aliphatic heterocycles. The molecule has 1 atom stereocenters. The van der Waals surface area contributed by atoms with Gasteiger partial charge in [0.05, 0.1) is 10.2 Å². The monoisotopic (exact) mass is 233 g/mol. The van der Waals surface area contributed by atoms with Crippen LogP contribution in [0.15, 0.2) is 30.9 Å². The summed E-state index contributed by atoms with van der Waals surface area (Å²) >= 11 is 1.63. The van der Waals surface area contributed by atoms with Crippen molar-refractivity contribution >= 4 is 32.4 Å². The molecule has 2 rings (SSSR count). The van der Waals surface area contributed by atoms with E-state index in [1.807, 2.05) is 24.3 Å². The Morgan fingerprint density at radius 3 is 3.19 bits per heavy atom. The molecule has 0 aliphatic rings. The fourth-order valence-electron chi connectivity index (χ4n) is 1.52. The van der Waals surface area contributed by atoms with Crippen LogP contribution in [0.2, 0.25) is 0 Å². The van der Waals surface area contributed by atoms with Gasteiger partial charge in [0.15, 0.2) is 5.13 Å². The van der Waals surface area contributed by atoms with E-state index in [0.717, 1.165) is 27.5 Å². The van der Waals surface area contributed by atoms with Gasteiger partial charge in [0.2, 0.25) is 0 Å². The number of thiazole rings is 1. The Morgan fingerprint density at radius 2 is 2.44 bits per heavy atom. The summed E-state index contributed by atoms with van der Waals surface area (Å²) in [6.45, 7) is 5.84. The van der Waals surface area contributed by atoms with Crippen LogP contribution in [0.3, 0.4) is 0 Å². The SMILES string of the molecule is C=CCC(C)Nc1nc2ccc(N)cc2s1. The zero-order valence-corrected chi connectivity index (χ0v) is 10.1. The number of rotatable bonds is 4. The van der Waals surface area contributed by atoms with E-state index in [9.17, 15) is 0 Å². The van der Waals surface area contributed by atoms with Crippen LogP contribution >= 0.6 is 11.3 Å².